The van der Waals surface area contributed by atoms with Gasteiger partial charge in [-0.05, 0) is 18.8 Å². The average Bonchev–Trinajstić information content (AvgIpc) is 2.94. The summed E-state index contributed by atoms with van der Waals surface area (Å²) in [6, 6.07) is -0.597. The standard InChI is InChI=1S/C10H15N3O2S/c1-5(2)7(9(14)15)11-10-12-8(13-16-10)6-3-4-6/h5-7H,3-4H2,1-2H3,(H,14,15)(H,11,12,13)/t7-/m0/s1. The second-order valence-corrected chi connectivity index (χ2v) is 5.19. The Balaban J connectivity index is 2.03. The molecule has 0 unspecified atom stereocenters. The van der Waals surface area contributed by atoms with E-state index in [1.54, 1.807) is 0 Å². The van der Waals surface area contributed by atoms with E-state index < -0.39 is 12.0 Å². The number of rotatable bonds is 5. The summed E-state index contributed by atoms with van der Waals surface area (Å²) < 4.78 is 4.23. The SMILES string of the molecule is CC(C)[C@H](Nc1nc(C2CC2)ns1)C(=O)O. The molecule has 0 spiro atoms. The van der Waals surface area contributed by atoms with E-state index in [4.69, 9.17) is 5.11 Å². The maximum atomic E-state index is 11.0. The summed E-state index contributed by atoms with van der Waals surface area (Å²) in [5, 5.41) is 12.6. The molecule has 88 valence electrons. The highest BCUT2D eigenvalue weighted by molar-refractivity contribution is 7.09. The van der Waals surface area contributed by atoms with Crippen molar-refractivity contribution in [3.05, 3.63) is 5.82 Å². The highest BCUT2D eigenvalue weighted by atomic mass is 32.1. The van der Waals surface area contributed by atoms with E-state index in [1.165, 1.54) is 11.5 Å². The summed E-state index contributed by atoms with van der Waals surface area (Å²) in [6.07, 6.45) is 2.31. The average molecular weight is 241 g/mol. The van der Waals surface area contributed by atoms with Crippen LogP contribution in [0.25, 0.3) is 0 Å². The molecule has 0 aliphatic heterocycles. The van der Waals surface area contributed by atoms with Crippen molar-refractivity contribution in [2.24, 2.45) is 5.92 Å². The van der Waals surface area contributed by atoms with Crippen LogP contribution < -0.4 is 5.32 Å². The smallest absolute Gasteiger partial charge is 0.326 e. The molecule has 1 aromatic heterocycles. The van der Waals surface area contributed by atoms with Crippen LogP contribution in [0.15, 0.2) is 0 Å². The zero-order chi connectivity index (χ0) is 11.7. The fourth-order valence-electron chi connectivity index (χ4n) is 1.45. The van der Waals surface area contributed by atoms with Gasteiger partial charge in [0.2, 0.25) is 5.13 Å². The Hall–Kier alpha value is -1.17. The minimum Gasteiger partial charge on any atom is -0.480 e. The lowest BCUT2D eigenvalue weighted by Gasteiger charge is -2.16. The number of hydrogen-bond donors (Lipinski definition) is 2. The van der Waals surface area contributed by atoms with Crippen LogP contribution in [0.5, 0.6) is 0 Å². The third-order valence-corrected chi connectivity index (χ3v) is 3.26. The lowest BCUT2D eigenvalue weighted by molar-refractivity contribution is -0.138. The van der Waals surface area contributed by atoms with Crippen LogP contribution in [-0.2, 0) is 4.79 Å². The Morgan fingerprint density at radius 3 is 2.75 bits per heavy atom. The van der Waals surface area contributed by atoms with E-state index >= 15 is 0 Å². The molecule has 0 saturated heterocycles. The van der Waals surface area contributed by atoms with Crippen LogP contribution >= 0.6 is 11.5 Å². The molecule has 6 heteroatoms. The first-order valence-corrected chi connectivity index (χ1v) is 6.18. The van der Waals surface area contributed by atoms with Gasteiger partial charge in [0.25, 0.3) is 0 Å². The van der Waals surface area contributed by atoms with Gasteiger partial charge in [0.1, 0.15) is 11.9 Å². The molecule has 1 aromatic rings. The van der Waals surface area contributed by atoms with Crippen LogP contribution in [0.2, 0.25) is 0 Å². The fourth-order valence-corrected chi connectivity index (χ4v) is 2.13. The van der Waals surface area contributed by atoms with Crippen LogP contribution in [0.1, 0.15) is 38.4 Å². The Morgan fingerprint density at radius 1 is 1.56 bits per heavy atom. The van der Waals surface area contributed by atoms with Gasteiger partial charge in [-0.3, -0.25) is 0 Å². The van der Waals surface area contributed by atoms with Gasteiger partial charge < -0.3 is 10.4 Å². The fraction of sp³-hybridized carbons (Fsp3) is 0.700. The lowest BCUT2D eigenvalue weighted by Crippen LogP contribution is -2.34. The maximum absolute atomic E-state index is 11.0. The van der Waals surface area contributed by atoms with Gasteiger partial charge in [-0.1, -0.05) is 13.8 Å². The van der Waals surface area contributed by atoms with Crippen molar-refractivity contribution in [3.63, 3.8) is 0 Å². The van der Waals surface area contributed by atoms with Gasteiger partial charge in [-0.2, -0.15) is 4.37 Å². The van der Waals surface area contributed by atoms with Crippen molar-refractivity contribution in [2.45, 2.75) is 38.6 Å². The molecule has 1 atom stereocenters. The predicted octanol–water partition coefficient (Wildman–Crippen LogP) is 1.94. The topological polar surface area (TPSA) is 75.1 Å². The van der Waals surface area contributed by atoms with E-state index in [9.17, 15) is 4.79 Å². The van der Waals surface area contributed by atoms with Crippen LogP contribution in [0, 0.1) is 5.92 Å². The van der Waals surface area contributed by atoms with Gasteiger partial charge in [-0.15, -0.1) is 0 Å². The summed E-state index contributed by atoms with van der Waals surface area (Å²) in [5.41, 5.74) is 0. The van der Waals surface area contributed by atoms with Gasteiger partial charge in [0.05, 0.1) is 0 Å². The number of anilines is 1. The predicted molar refractivity (Wildman–Crippen MR) is 61.8 cm³/mol. The Kier molecular flexibility index (Phi) is 3.09. The zero-order valence-electron chi connectivity index (χ0n) is 9.30. The summed E-state index contributed by atoms with van der Waals surface area (Å²) in [7, 11) is 0. The molecular formula is C10H15N3O2S. The van der Waals surface area contributed by atoms with Gasteiger partial charge in [0.15, 0.2) is 0 Å². The van der Waals surface area contributed by atoms with Crippen molar-refractivity contribution in [2.75, 3.05) is 5.32 Å². The summed E-state index contributed by atoms with van der Waals surface area (Å²) in [6.45, 7) is 3.74. The van der Waals surface area contributed by atoms with Crippen molar-refractivity contribution >= 4 is 22.6 Å². The third kappa shape index (κ3) is 2.49. The van der Waals surface area contributed by atoms with E-state index in [0.29, 0.717) is 11.0 Å². The maximum Gasteiger partial charge on any atom is 0.326 e. The number of nitrogens with zero attached hydrogens (tertiary/aromatic N) is 2. The Labute approximate surface area is 98.1 Å². The van der Waals surface area contributed by atoms with Crippen molar-refractivity contribution in [1.29, 1.82) is 0 Å². The first kappa shape index (κ1) is 11.3. The van der Waals surface area contributed by atoms with Crippen LogP contribution in [0.4, 0.5) is 5.13 Å². The number of carboxylic acids is 1. The third-order valence-electron chi connectivity index (χ3n) is 2.60. The first-order chi connectivity index (χ1) is 7.58. The van der Waals surface area contributed by atoms with Gasteiger partial charge >= 0.3 is 5.97 Å². The Bertz CT molecular complexity index is 387. The largest absolute Gasteiger partial charge is 0.480 e. The molecule has 1 aliphatic rings. The van der Waals surface area contributed by atoms with Crippen molar-refractivity contribution in [1.82, 2.24) is 9.36 Å². The van der Waals surface area contributed by atoms with Crippen LogP contribution in [0.3, 0.4) is 0 Å². The summed E-state index contributed by atoms with van der Waals surface area (Å²) >= 11 is 1.25. The molecule has 1 saturated carbocycles. The monoisotopic (exact) mass is 241 g/mol. The van der Waals surface area contributed by atoms with Crippen molar-refractivity contribution < 1.29 is 9.90 Å². The highest BCUT2D eigenvalue weighted by Gasteiger charge is 2.29. The van der Waals surface area contributed by atoms with E-state index in [-0.39, 0.29) is 5.92 Å². The molecule has 0 radical (unpaired) electrons. The molecule has 1 aliphatic carbocycles. The molecule has 16 heavy (non-hydrogen) atoms. The number of carbonyl (C=O) groups is 1. The minimum atomic E-state index is -0.849. The second kappa shape index (κ2) is 4.37. The zero-order valence-corrected chi connectivity index (χ0v) is 10.1. The van der Waals surface area contributed by atoms with E-state index in [1.807, 2.05) is 13.8 Å². The molecule has 1 heterocycles. The normalized spacial score (nSPS) is 17.4. The number of carboxylic acid groups (broad SMARTS) is 1. The number of aromatic nitrogens is 2. The Morgan fingerprint density at radius 2 is 2.25 bits per heavy atom. The van der Waals surface area contributed by atoms with Crippen LogP contribution in [-0.4, -0.2) is 26.5 Å². The molecule has 2 N–H and O–H groups in total. The minimum absolute atomic E-state index is 0.0192. The quantitative estimate of drug-likeness (QED) is 0.824. The molecule has 0 amide bonds. The molecule has 0 bridgehead atoms. The number of hydrogen-bond acceptors (Lipinski definition) is 5. The highest BCUT2D eigenvalue weighted by Crippen LogP contribution is 2.39. The molecule has 1 fully saturated rings. The van der Waals surface area contributed by atoms with E-state index in [0.717, 1.165) is 18.7 Å². The molecule has 5 nitrogen and oxygen atoms in total. The second-order valence-electron chi connectivity index (χ2n) is 4.44. The summed E-state index contributed by atoms with van der Waals surface area (Å²) in [4.78, 5) is 15.3. The molecule has 2 rings (SSSR count). The lowest BCUT2D eigenvalue weighted by atomic mass is 10.1. The van der Waals surface area contributed by atoms with E-state index in [2.05, 4.69) is 14.7 Å². The van der Waals surface area contributed by atoms with Gasteiger partial charge in [0, 0.05) is 17.5 Å². The number of aliphatic carboxylic acids is 1. The molecule has 0 aromatic carbocycles. The van der Waals surface area contributed by atoms with Gasteiger partial charge in [-0.25, -0.2) is 9.78 Å². The number of nitrogens with one attached hydrogen (secondary N) is 1. The van der Waals surface area contributed by atoms with Crippen molar-refractivity contribution in [3.8, 4) is 0 Å². The molecular weight excluding hydrogens is 226 g/mol. The summed E-state index contributed by atoms with van der Waals surface area (Å²) in [5.74, 6) is 0.540. The first-order valence-electron chi connectivity index (χ1n) is 5.41.